The molecule has 0 bridgehead atoms. The van der Waals surface area contributed by atoms with Gasteiger partial charge in [-0.25, -0.2) is 8.42 Å². The van der Waals surface area contributed by atoms with Crippen molar-refractivity contribution in [1.82, 2.24) is 19.4 Å². The SMILES string of the molecule is Cc1cc(S(=O)(=O)N2CC(c3nc(-c4cccnc4)no3)C2)c(Cl)cc1Cl. The van der Waals surface area contributed by atoms with E-state index >= 15 is 0 Å². The Morgan fingerprint density at radius 2 is 2.00 bits per heavy atom. The summed E-state index contributed by atoms with van der Waals surface area (Å²) < 4.78 is 32.3. The first-order valence-corrected chi connectivity index (χ1v) is 10.3. The minimum atomic E-state index is -3.72. The summed E-state index contributed by atoms with van der Waals surface area (Å²) in [5.41, 5.74) is 1.38. The maximum Gasteiger partial charge on any atom is 0.244 e. The van der Waals surface area contributed by atoms with Gasteiger partial charge in [-0.05, 0) is 36.8 Å². The molecule has 3 heterocycles. The minimum Gasteiger partial charge on any atom is -0.339 e. The lowest BCUT2D eigenvalue weighted by Gasteiger charge is -2.36. The lowest BCUT2D eigenvalue weighted by molar-refractivity contribution is 0.217. The highest BCUT2D eigenvalue weighted by Gasteiger charge is 2.41. The van der Waals surface area contributed by atoms with Crippen LogP contribution in [0, 0.1) is 6.92 Å². The highest BCUT2D eigenvalue weighted by atomic mass is 35.5. The molecule has 1 saturated heterocycles. The second-order valence-electron chi connectivity index (χ2n) is 6.25. The zero-order chi connectivity index (χ0) is 19.2. The molecule has 0 aliphatic carbocycles. The standard InChI is InChI=1S/C17H14Cl2N4O3S/c1-10-5-15(14(19)6-13(10)18)27(24,25)23-8-12(9-23)17-21-16(22-26-17)11-3-2-4-20-7-11/h2-7,12H,8-9H2,1H3. The second kappa shape index (κ2) is 6.87. The van der Waals surface area contributed by atoms with Gasteiger partial charge < -0.3 is 4.52 Å². The molecule has 0 amide bonds. The molecule has 7 nitrogen and oxygen atoms in total. The van der Waals surface area contributed by atoms with E-state index in [2.05, 4.69) is 15.1 Å². The maximum atomic E-state index is 12.8. The quantitative estimate of drug-likeness (QED) is 0.636. The molecule has 10 heteroatoms. The molecule has 3 aromatic rings. The van der Waals surface area contributed by atoms with E-state index < -0.39 is 10.0 Å². The van der Waals surface area contributed by atoms with Crippen LogP contribution in [0.15, 0.2) is 46.1 Å². The van der Waals surface area contributed by atoms with E-state index in [1.54, 1.807) is 25.4 Å². The molecular formula is C17H14Cl2N4O3S. The summed E-state index contributed by atoms with van der Waals surface area (Å²) in [7, 11) is -3.72. The summed E-state index contributed by atoms with van der Waals surface area (Å²) in [4.78, 5) is 8.42. The number of rotatable bonds is 4. The van der Waals surface area contributed by atoms with E-state index in [0.29, 0.717) is 22.3 Å². The summed E-state index contributed by atoms with van der Waals surface area (Å²) in [5, 5.41) is 4.47. The summed E-state index contributed by atoms with van der Waals surface area (Å²) >= 11 is 12.1. The van der Waals surface area contributed by atoms with E-state index in [0.717, 1.165) is 5.56 Å². The van der Waals surface area contributed by atoms with Crippen LogP contribution in [0.1, 0.15) is 17.4 Å². The molecule has 1 aliphatic rings. The van der Waals surface area contributed by atoms with Gasteiger partial charge in [-0.2, -0.15) is 9.29 Å². The zero-order valence-electron chi connectivity index (χ0n) is 14.1. The third-order valence-corrected chi connectivity index (χ3v) is 7.09. The van der Waals surface area contributed by atoms with Crippen LogP contribution in [0.4, 0.5) is 0 Å². The summed E-state index contributed by atoms with van der Waals surface area (Å²) in [6.07, 6.45) is 3.29. The number of nitrogens with zero attached hydrogens (tertiary/aromatic N) is 4. The average Bonchev–Trinajstić information content (AvgIpc) is 3.07. The highest BCUT2D eigenvalue weighted by Crippen LogP contribution is 2.36. The van der Waals surface area contributed by atoms with Crippen LogP contribution in [0.3, 0.4) is 0 Å². The summed E-state index contributed by atoms with van der Waals surface area (Å²) in [6.45, 7) is 2.22. The van der Waals surface area contributed by atoms with Crippen LogP contribution in [0.2, 0.25) is 10.0 Å². The Morgan fingerprint density at radius 1 is 1.22 bits per heavy atom. The van der Waals surface area contributed by atoms with Crippen molar-refractivity contribution in [2.75, 3.05) is 13.1 Å². The fraction of sp³-hybridized carbons (Fsp3) is 0.235. The third-order valence-electron chi connectivity index (χ3n) is 4.39. The van der Waals surface area contributed by atoms with Crippen LogP contribution >= 0.6 is 23.2 Å². The van der Waals surface area contributed by atoms with Crippen molar-refractivity contribution >= 4 is 33.2 Å². The number of sulfonamides is 1. The Balaban J connectivity index is 1.51. The predicted octanol–water partition coefficient (Wildman–Crippen LogP) is 3.53. The van der Waals surface area contributed by atoms with Crippen molar-refractivity contribution < 1.29 is 12.9 Å². The number of benzene rings is 1. The zero-order valence-corrected chi connectivity index (χ0v) is 16.5. The Bertz CT molecular complexity index is 1100. The molecule has 0 saturated carbocycles. The van der Waals surface area contributed by atoms with Crippen LogP contribution in [0.5, 0.6) is 0 Å². The highest BCUT2D eigenvalue weighted by molar-refractivity contribution is 7.89. The van der Waals surface area contributed by atoms with Gasteiger partial charge in [-0.15, -0.1) is 0 Å². The fourth-order valence-corrected chi connectivity index (χ4v) is 5.11. The Kier molecular flexibility index (Phi) is 4.67. The van der Waals surface area contributed by atoms with Crippen molar-refractivity contribution in [3.63, 3.8) is 0 Å². The van der Waals surface area contributed by atoms with Gasteiger partial charge in [0.2, 0.25) is 21.7 Å². The van der Waals surface area contributed by atoms with Gasteiger partial charge >= 0.3 is 0 Å². The molecule has 140 valence electrons. The molecule has 0 unspecified atom stereocenters. The number of hydrogen-bond acceptors (Lipinski definition) is 6. The second-order valence-corrected chi connectivity index (χ2v) is 8.97. The normalized spacial score (nSPS) is 15.7. The summed E-state index contributed by atoms with van der Waals surface area (Å²) in [6, 6.07) is 6.53. The molecule has 2 aromatic heterocycles. The van der Waals surface area contributed by atoms with Crippen molar-refractivity contribution in [2.45, 2.75) is 17.7 Å². The van der Waals surface area contributed by atoms with Crippen LogP contribution < -0.4 is 0 Å². The van der Waals surface area contributed by atoms with E-state index in [9.17, 15) is 8.42 Å². The lowest BCUT2D eigenvalue weighted by Crippen LogP contribution is -2.48. The van der Waals surface area contributed by atoms with Crippen molar-refractivity contribution in [3.8, 4) is 11.4 Å². The van der Waals surface area contributed by atoms with E-state index in [1.807, 2.05) is 6.07 Å². The minimum absolute atomic E-state index is 0.0473. The number of hydrogen-bond donors (Lipinski definition) is 0. The smallest absolute Gasteiger partial charge is 0.244 e. The largest absolute Gasteiger partial charge is 0.339 e. The molecule has 0 atom stereocenters. The first kappa shape index (κ1) is 18.4. The van der Waals surface area contributed by atoms with Gasteiger partial charge in [0.1, 0.15) is 4.90 Å². The van der Waals surface area contributed by atoms with E-state index in [1.165, 1.54) is 16.4 Å². The lowest BCUT2D eigenvalue weighted by atomic mass is 10.0. The molecule has 27 heavy (non-hydrogen) atoms. The summed E-state index contributed by atoms with van der Waals surface area (Å²) in [5.74, 6) is 0.666. The van der Waals surface area contributed by atoms with Crippen molar-refractivity contribution in [3.05, 3.63) is 58.2 Å². The molecule has 0 spiro atoms. The van der Waals surface area contributed by atoms with Gasteiger partial charge in [0.15, 0.2) is 0 Å². The Morgan fingerprint density at radius 3 is 2.70 bits per heavy atom. The van der Waals surface area contributed by atoms with Gasteiger partial charge in [-0.3, -0.25) is 4.98 Å². The first-order valence-electron chi connectivity index (χ1n) is 8.06. The van der Waals surface area contributed by atoms with E-state index in [4.69, 9.17) is 27.7 Å². The average molecular weight is 425 g/mol. The van der Waals surface area contributed by atoms with Gasteiger partial charge in [-0.1, -0.05) is 28.4 Å². The van der Waals surface area contributed by atoms with Crippen LogP contribution in [0.25, 0.3) is 11.4 Å². The molecular weight excluding hydrogens is 411 g/mol. The molecule has 1 aliphatic heterocycles. The maximum absolute atomic E-state index is 12.8. The number of aromatic nitrogens is 3. The van der Waals surface area contributed by atoms with Crippen molar-refractivity contribution in [2.24, 2.45) is 0 Å². The topological polar surface area (TPSA) is 89.2 Å². The Hall–Kier alpha value is -2.00. The number of halogens is 2. The van der Waals surface area contributed by atoms with Gasteiger partial charge in [0, 0.05) is 36.1 Å². The van der Waals surface area contributed by atoms with Crippen LogP contribution in [-0.4, -0.2) is 40.9 Å². The molecule has 1 fully saturated rings. The molecule has 0 radical (unpaired) electrons. The third kappa shape index (κ3) is 3.34. The fourth-order valence-electron chi connectivity index (χ4n) is 2.77. The van der Waals surface area contributed by atoms with Crippen LogP contribution in [-0.2, 0) is 10.0 Å². The van der Waals surface area contributed by atoms with Gasteiger partial charge in [0.25, 0.3) is 0 Å². The Labute approximate surface area is 166 Å². The van der Waals surface area contributed by atoms with Gasteiger partial charge in [0.05, 0.1) is 10.9 Å². The number of pyridine rings is 1. The number of aryl methyl sites for hydroxylation is 1. The monoisotopic (exact) mass is 424 g/mol. The first-order chi connectivity index (χ1) is 12.9. The predicted molar refractivity (Wildman–Crippen MR) is 100 cm³/mol. The molecule has 1 aromatic carbocycles. The van der Waals surface area contributed by atoms with Crippen molar-refractivity contribution in [1.29, 1.82) is 0 Å². The van der Waals surface area contributed by atoms with E-state index in [-0.39, 0.29) is 28.9 Å². The molecule has 0 N–H and O–H groups in total. The molecule has 4 rings (SSSR count).